The van der Waals surface area contributed by atoms with Crippen LogP contribution in [0.15, 0.2) is 22.7 Å². The number of hydrogen-bond donors (Lipinski definition) is 1. The molecule has 1 amide bonds. The highest BCUT2D eigenvalue weighted by molar-refractivity contribution is 9.10. The number of fused-ring (bicyclic) bond motifs is 1. The van der Waals surface area contributed by atoms with Gasteiger partial charge < -0.3 is 5.11 Å². The first-order valence-electron chi connectivity index (χ1n) is 4.93. The van der Waals surface area contributed by atoms with Gasteiger partial charge in [0.2, 0.25) is 0 Å². The van der Waals surface area contributed by atoms with Crippen LogP contribution in [-0.4, -0.2) is 23.5 Å². The first kappa shape index (κ1) is 11.1. The summed E-state index contributed by atoms with van der Waals surface area (Å²) < 4.78 is 0.784. The number of carbonyl (C=O) groups is 2. The third-order valence-electron chi connectivity index (χ3n) is 2.57. The van der Waals surface area contributed by atoms with E-state index < -0.39 is 6.09 Å². The van der Waals surface area contributed by atoms with E-state index in [-0.39, 0.29) is 5.78 Å². The summed E-state index contributed by atoms with van der Waals surface area (Å²) in [6, 6.07) is 5.09. The van der Waals surface area contributed by atoms with E-state index in [9.17, 15) is 9.59 Å². The normalized spacial score (nSPS) is 15.6. The van der Waals surface area contributed by atoms with Crippen LogP contribution >= 0.6 is 15.9 Å². The molecule has 1 aromatic rings. The average Bonchev–Trinajstić information content (AvgIpc) is 2.39. The number of ketones is 1. The second kappa shape index (κ2) is 4.25. The maximum absolute atomic E-state index is 11.8. The van der Waals surface area contributed by atoms with E-state index in [0.717, 1.165) is 4.47 Å². The largest absolute Gasteiger partial charge is 0.465 e. The van der Waals surface area contributed by atoms with Crippen molar-refractivity contribution < 1.29 is 14.7 Å². The lowest BCUT2D eigenvalue weighted by Gasteiger charge is -2.18. The van der Waals surface area contributed by atoms with Crippen molar-refractivity contribution >= 4 is 33.5 Å². The molecule has 0 spiro atoms. The van der Waals surface area contributed by atoms with Crippen LogP contribution in [0.2, 0.25) is 0 Å². The minimum Gasteiger partial charge on any atom is -0.465 e. The van der Waals surface area contributed by atoms with Gasteiger partial charge >= 0.3 is 6.09 Å². The van der Waals surface area contributed by atoms with Crippen LogP contribution in [0.25, 0.3) is 0 Å². The number of amides is 1. The van der Waals surface area contributed by atoms with Crippen LogP contribution in [0.3, 0.4) is 0 Å². The molecule has 1 heterocycles. The zero-order chi connectivity index (χ0) is 11.7. The molecule has 0 aromatic heterocycles. The topological polar surface area (TPSA) is 57.6 Å². The van der Waals surface area contributed by atoms with Crippen molar-refractivity contribution in [2.24, 2.45) is 0 Å². The fourth-order valence-electron chi connectivity index (χ4n) is 1.82. The number of carboxylic acid groups (broad SMARTS) is 1. The maximum Gasteiger partial charge on any atom is 0.411 e. The Labute approximate surface area is 101 Å². The molecule has 1 aliphatic heterocycles. The average molecular weight is 284 g/mol. The van der Waals surface area contributed by atoms with Gasteiger partial charge in [0, 0.05) is 23.0 Å². The van der Waals surface area contributed by atoms with Crippen LogP contribution in [0.1, 0.15) is 23.2 Å². The molecule has 0 radical (unpaired) electrons. The van der Waals surface area contributed by atoms with Gasteiger partial charge in [-0.3, -0.25) is 9.69 Å². The third kappa shape index (κ3) is 1.95. The molecule has 84 valence electrons. The highest BCUT2D eigenvalue weighted by Crippen LogP contribution is 2.29. The Morgan fingerprint density at radius 2 is 2.19 bits per heavy atom. The molecule has 16 heavy (non-hydrogen) atoms. The number of rotatable bonds is 0. The second-order valence-electron chi connectivity index (χ2n) is 3.62. The molecule has 2 rings (SSSR count). The van der Waals surface area contributed by atoms with Gasteiger partial charge in [0.1, 0.15) is 0 Å². The van der Waals surface area contributed by atoms with Crippen LogP contribution in [0, 0.1) is 0 Å². The zero-order valence-electron chi connectivity index (χ0n) is 8.44. The Hall–Kier alpha value is -1.36. The summed E-state index contributed by atoms with van der Waals surface area (Å²) in [6.45, 7) is 0.371. The van der Waals surface area contributed by atoms with E-state index in [1.54, 1.807) is 18.2 Å². The number of anilines is 1. The summed E-state index contributed by atoms with van der Waals surface area (Å²) >= 11 is 3.28. The van der Waals surface area contributed by atoms with Gasteiger partial charge in [-0.2, -0.15) is 0 Å². The SMILES string of the molecule is O=C1CCCN(C(=O)O)c2ccc(Br)cc21. The Balaban J connectivity index is 2.56. The number of halogens is 1. The van der Waals surface area contributed by atoms with E-state index in [1.807, 2.05) is 0 Å². The van der Waals surface area contributed by atoms with Crippen molar-refractivity contribution in [2.45, 2.75) is 12.8 Å². The first-order valence-corrected chi connectivity index (χ1v) is 5.72. The van der Waals surface area contributed by atoms with Crippen molar-refractivity contribution in [3.8, 4) is 0 Å². The van der Waals surface area contributed by atoms with E-state index in [2.05, 4.69) is 15.9 Å². The van der Waals surface area contributed by atoms with Gasteiger partial charge in [-0.05, 0) is 24.6 Å². The molecule has 1 N–H and O–H groups in total. The predicted molar refractivity (Wildman–Crippen MR) is 63.1 cm³/mol. The van der Waals surface area contributed by atoms with Crippen LogP contribution < -0.4 is 4.90 Å². The van der Waals surface area contributed by atoms with Crippen LogP contribution in [0.4, 0.5) is 10.5 Å². The summed E-state index contributed by atoms with van der Waals surface area (Å²) in [7, 11) is 0. The van der Waals surface area contributed by atoms with Gasteiger partial charge in [0.25, 0.3) is 0 Å². The van der Waals surface area contributed by atoms with Crippen molar-refractivity contribution in [3.63, 3.8) is 0 Å². The fourth-order valence-corrected chi connectivity index (χ4v) is 2.18. The minimum atomic E-state index is -1.02. The van der Waals surface area contributed by atoms with E-state index >= 15 is 0 Å². The van der Waals surface area contributed by atoms with Crippen LogP contribution in [0.5, 0.6) is 0 Å². The summed E-state index contributed by atoms with van der Waals surface area (Å²) in [5.41, 5.74) is 0.965. The molecule has 4 nitrogen and oxygen atoms in total. The monoisotopic (exact) mass is 283 g/mol. The number of benzene rings is 1. The van der Waals surface area contributed by atoms with E-state index in [4.69, 9.17) is 5.11 Å². The Bertz CT molecular complexity index is 459. The number of hydrogen-bond acceptors (Lipinski definition) is 2. The minimum absolute atomic E-state index is 0.0000463. The Morgan fingerprint density at radius 1 is 1.44 bits per heavy atom. The summed E-state index contributed by atoms with van der Waals surface area (Å²) in [4.78, 5) is 24.1. The van der Waals surface area contributed by atoms with E-state index in [0.29, 0.717) is 30.6 Å². The van der Waals surface area contributed by atoms with E-state index in [1.165, 1.54) is 4.90 Å². The molecule has 1 aliphatic rings. The predicted octanol–water partition coefficient (Wildman–Crippen LogP) is 2.91. The highest BCUT2D eigenvalue weighted by Gasteiger charge is 2.24. The lowest BCUT2D eigenvalue weighted by atomic mass is 10.1. The summed E-state index contributed by atoms with van der Waals surface area (Å²) in [6.07, 6.45) is -0.0525. The molecule has 0 atom stereocenters. The molecule has 1 aromatic carbocycles. The Kier molecular flexibility index (Phi) is 2.96. The van der Waals surface area contributed by atoms with Gasteiger partial charge in [-0.15, -0.1) is 0 Å². The number of carbonyl (C=O) groups excluding carboxylic acids is 1. The zero-order valence-corrected chi connectivity index (χ0v) is 10.0. The van der Waals surface area contributed by atoms with Gasteiger partial charge in [-0.1, -0.05) is 15.9 Å². The second-order valence-corrected chi connectivity index (χ2v) is 4.54. The molecule has 5 heteroatoms. The first-order chi connectivity index (χ1) is 7.59. The molecule has 0 bridgehead atoms. The third-order valence-corrected chi connectivity index (χ3v) is 3.06. The van der Waals surface area contributed by atoms with Crippen molar-refractivity contribution in [3.05, 3.63) is 28.2 Å². The fraction of sp³-hybridized carbons (Fsp3) is 0.273. The smallest absolute Gasteiger partial charge is 0.411 e. The molecule has 0 unspecified atom stereocenters. The quantitative estimate of drug-likeness (QED) is 0.797. The van der Waals surface area contributed by atoms with Crippen molar-refractivity contribution in [1.82, 2.24) is 0 Å². The summed E-state index contributed by atoms with van der Waals surface area (Å²) in [5.74, 6) is 0.0000463. The molecule has 0 fully saturated rings. The Morgan fingerprint density at radius 3 is 2.88 bits per heavy atom. The van der Waals surface area contributed by atoms with Crippen molar-refractivity contribution in [1.29, 1.82) is 0 Å². The standard InChI is InChI=1S/C11H10BrNO3/c12-7-3-4-9-8(6-7)10(14)2-1-5-13(9)11(15)16/h3-4,6H,1-2,5H2,(H,15,16). The van der Waals surface area contributed by atoms with Crippen molar-refractivity contribution in [2.75, 3.05) is 11.4 Å². The molecule has 0 saturated carbocycles. The molecule has 0 saturated heterocycles. The lowest BCUT2D eigenvalue weighted by molar-refractivity contribution is 0.0983. The van der Waals surface area contributed by atoms with Gasteiger partial charge in [0.15, 0.2) is 5.78 Å². The van der Waals surface area contributed by atoms with Gasteiger partial charge in [-0.25, -0.2) is 4.79 Å². The lowest BCUT2D eigenvalue weighted by Crippen LogP contribution is -2.29. The maximum atomic E-state index is 11.8. The molecular weight excluding hydrogens is 274 g/mol. The van der Waals surface area contributed by atoms with Gasteiger partial charge in [0.05, 0.1) is 5.69 Å². The summed E-state index contributed by atoms with van der Waals surface area (Å²) in [5, 5.41) is 9.07. The van der Waals surface area contributed by atoms with Crippen LogP contribution in [-0.2, 0) is 0 Å². The molecule has 0 aliphatic carbocycles. The number of Topliss-reactive ketones (excluding diaryl/α,β-unsaturated/α-hetero) is 1. The highest BCUT2D eigenvalue weighted by atomic mass is 79.9. The number of nitrogens with zero attached hydrogens (tertiary/aromatic N) is 1. The molecular formula is C11H10BrNO3.